The molecule has 0 heterocycles. The molecule has 342 valence electrons. The molecule has 6 nitrogen and oxygen atoms in total. The van der Waals surface area contributed by atoms with Crippen molar-refractivity contribution >= 4 is 47.2 Å². The molecule has 0 aliphatic carbocycles. The van der Waals surface area contributed by atoms with E-state index in [1.165, 1.54) is 0 Å². The molecule has 6 aromatic rings. The monoisotopic (exact) mass is 916 g/mol. The van der Waals surface area contributed by atoms with Crippen LogP contribution in [-0.2, 0) is 20.4 Å². The molecule has 6 aromatic carbocycles. The smallest absolute Gasteiger partial charge is 0.410 e. The van der Waals surface area contributed by atoms with E-state index in [2.05, 4.69) is 164 Å². The molecule has 2 atom stereocenters. The van der Waals surface area contributed by atoms with Gasteiger partial charge in [-0.05, 0) is 84.3 Å². The Morgan fingerprint density at radius 1 is 0.485 bits per heavy atom. The van der Waals surface area contributed by atoms with Crippen LogP contribution in [-0.4, -0.2) is 76.0 Å². The lowest BCUT2D eigenvalue weighted by Crippen LogP contribution is -2.56. The highest BCUT2D eigenvalue weighted by Crippen LogP contribution is 2.53. The molecule has 0 bridgehead atoms. The predicted molar refractivity (Wildman–Crippen MR) is 278 cm³/mol. The second-order valence-electron chi connectivity index (χ2n) is 18.8. The standard InChI is InChI=1S/C58H64N2O4S2/c1-54(2,3)64-53(63)60(43-56(5,45-66)58(49-32-18-9-19-33-49,50-34-20-10-21-35-50)51-36-22-11-23-37-51)41-40-59(39-25-24-38-52(61)62)42-55(4,44-65)57(46-26-12-6-13-27-46,47-28-14-7-15-29-47)48-30-16-8-17-31-48/h6-23,26-37,44-45H,24-25,38-43H2,1-5H3,(H,61,62). The van der Waals surface area contributed by atoms with E-state index in [1.54, 1.807) is 0 Å². The number of carboxylic acid groups (broad SMARTS) is 1. The highest BCUT2D eigenvalue weighted by molar-refractivity contribution is 7.79. The first kappa shape index (κ1) is 49.6. The number of nitrogens with zero attached hydrogens (tertiary/aromatic N) is 2. The van der Waals surface area contributed by atoms with E-state index in [-0.39, 0.29) is 13.0 Å². The van der Waals surface area contributed by atoms with Crippen LogP contribution in [0.2, 0.25) is 0 Å². The molecule has 0 aromatic heterocycles. The summed E-state index contributed by atoms with van der Waals surface area (Å²) in [6.07, 6.45) is 0.772. The van der Waals surface area contributed by atoms with Crippen molar-refractivity contribution in [2.75, 3.05) is 32.7 Å². The van der Waals surface area contributed by atoms with Gasteiger partial charge in [0.15, 0.2) is 0 Å². The van der Waals surface area contributed by atoms with Crippen LogP contribution >= 0.6 is 24.4 Å². The van der Waals surface area contributed by atoms with Crippen molar-refractivity contribution in [2.24, 2.45) is 10.8 Å². The van der Waals surface area contributed by atoms with Gasteiger partial charge in [-0.2, -0.15) is 0 Å². The van der Waals surface area contributed by atoms with Crippen molar-refractivity contribution in [1.82, 2.24) is 9.80 Å². The lowest BCUT2D eigenvalue weighted by Gasteiger charge is -2.51. The Balaban J connectivity index is 1.49. The highest BCUT2D eigenvalue weighted by Gasteiger charge is 2.53. The quantitative estimate of drug-likeness (QED) is 0.0413. The summed E-state index contributed by atoms with van der Waals surface area (Å²) in [6, 6.07) is 63.0. The number of ether oxygens (including phenoxy) is 1. The average molecular weight is 917 g/mol. The normalized spacial score (nSPS) is 13.8. The van der Waals surface area contributed by atoms with Crippen molar-refractivity contribution in [3.05, 3.63) is 215 Å². The van der Waals surface area contributed by atoms with Gasteiger partial charge in [0.05, 0.1) is 10.8 Å². The van der Waals surface area contributed by atoms with Gasteiger partial charge in [-0.15, -0.1) is 0 Å². The summed E-state index contributed by atoms with van der Waals surface area (Å²) in [5, 5.41) is 13.4. The molecule has 2 unspecified atom stereocenters. The summed E-state index contributed by atoms with van der Waals surface area (Å²) >= 11 is 12.4. The van der Waals surface area contributed by atoms with Gasteiger partial charge in [0.25, 0.3) is 0 Å². The van der Waals surface area contributed by atoms with Crippen molar-refractivity contribution in [3.63, 3.8) is 0 Å². The van der Waals surface area contributed by atoms with Gasteiger partial charge >= 0.3 is 12.1 Å². The van der Waals surface area contributed by atoms with Gasteiger partial charge < -0.3 is 19.6 Å². The third-order valence-corrected chi connectivity index (χ3v) is 14.0. The SMILES string of the molecule is CC(C)(C)OC(=O)N(CCN(CCCCC(=O)O)CC(C)(C=S)C(c1ccccc1)(c1ccccc1)c1ccccc1)CC(C)(C=S)C(c1ccccc1)(c1ccccc1)c1ccccc1. The zero-order valence-corrected chi connectivity index (χ0v) is 40.6. The fourth-order valence-electron chi connectivity index (χ4n) is 10.2. The number of unbranched alkanes of at least 4 members (excludes halogenated alkanes) is 1. The maximum absolute atomic E-state index is 14.8. The minimum Gasteiger partial charge on any atom is -0.481 e. The van der Waals surface area contributed by atoms with Crippen molar-refractivity contribution < 1.29 is 19.4 Å². The molecule has 1 amide bonds. The number of amides is 1. The zero-order chi connectivity index (χ0) is 47.3. The number of benzene rings is 6. The van der Waals surface area contributed by atoms with Crippen molar-refractivity contribution in [2.45, 2.75) is 70.3 Å². The van der Waals surface area contributed by atoms with Crippen molar-refractivity contribution in [3.8, 4) is 0 Å². The van der Waals surface area contributed by atoms with Crippen LogP contribution in [0.1, 0.15) is 87.3 Å². The molecular weight excluding hydrogens is 853 g/mol. The van der Waals surface area contributed by atoms with E-state index >= 15 is 0 Å². The number of hydrogen-bond acceptors (Lipinski definition) is 6. The molecule has 0 aliphatic rings. The Labute approximate surface area is 403 Å². The summed E-state index contributed by atoms with van der Waals surface area (Å²) in [4.78, 5) is 30.8. The molecule has 0 fully saturated rings. The zero-order valence-electron chi connectivity index (χ0n) is 39.0. The third-order valence-electron chi connectivity index (χ3n) is 13.0. The van der Waals surface area contributed by atoms with Gasteiger partial charge in [-0.1, -0.05) is 220 Å². The summed E-state index contributed by atoms with van der Waals surface area (Å²) < 4.78 is 6.26. The van der Waals surface area contributed by atoms with Crippen LogP contribution in [0.5, 0.6) is 0 Å². The second kappa shape index (κ2) is 22.1. The molecule has 1 N–H and O–H groups in total. The van der Waals surface area contributed by atoms with Crippen LogP contribution < -0.4 is 0 Å². The lowest BCUT2D eigenvalue weighted by molar-refractivity contribution is -0.137. The first-order valence-electron chi connectivity index (χ1n) is 22.9. The van der Waals surface area contributed by atoms with Crippen LogP contribution in [0.15, 0.2) is 182 Å². The molecule has 8 heteroatoms. The van der Waals surface area contributed by atoms with Gasteiger partial charge in [0, 0.05) is 43.4 Å². The maximum Gasteiger partial charge on any atom is 0.410 e. The summed E-state index contributed by atoms with van der Waals surface area (Å²) in [5.41, 5.74) is 2.51. The molecule has 0 radical (unpaired) electrons. The van der Waals surface area contributed by atoms with E-state index in [1.807, 2.05) is 72.8 Å². The second-order valence-corrected chi connectivity index (χ2v) is 19.3. The first-order chi connectivity index (χ1) is 31.7. The Hall–Kier alpha value is -5.80. The molecule has 0 saturated carbocycles. The molecule has 0 saturated heterocycles. The van der Waals surface area contributed by atoms with Gasteiger partial charge in [0.2, 0.25) is 0 Å². The number of carbonyl (C=O) groups is 2. The number of rotatable bonds is 22. The number of hydrogen-bond donors (Lipinski definition) is 1. The number of thiocarbonyl (C=S) groups is 2. The van der Waals surface area contributed by atoms with Crippen LogP contribution in [0.4, 0.5) is 4.79 Å². The van der Waals surface area contributed by atoms with E-state index in [9.17, 15) is 14.7 Å². The third kappa shape index (κ3) is 10.7. The van der Waals surface area contributed by atoms with Crippen LogP contribution in [0, 0.1) is 10.8 Å². The maximum atomic E-state index is 14.8. The van der Waals surface area contributed by atoms with E-state index < -0.39 is 39.3 Å². The predicted octanol–water partition coefficient (Wildman–Crippen LogP) is 12.9. The number of carbonyl (C=O) groups excluding carboxylic acids is 1. The average Bonchev–Trinajstić information content (AvgIpc) is 3.33. The summed E-state index contributed by atoms with van der Waals surface area (Å²) in [5.74, 6) is -0.823. The Morgan fingerprint density at radius 2 is 0.803 bits per heavy atom. The Bertz CT molecular complexity index is 2270. The minimum atomic E-state index is -0.873. The molecule has 6 rings (SSSR count). The van der Waals surface area contributed by atoms with E-state index in [4.69, 9.17) is 29.2 Å². The molecule has 0 aliphatic heterocycles. The fourth-order valence-corrected chi connectivity index (χ4v) is 10.7. The van der Waals surface area contributed by atoms with Gasteiger partial charge in [0.1, 0.15) is 5.60 Å². The van der Waals surface area contributed by atoms with Crippen LogP contribution in [0.25, 0.3) is 0 Å². The van der Waals surface area contributed by atoms with Crippen molar-refractivity contribution in [1.29, 1.82) is 0 Å². The first-order valence-corrected chi connectivity index (χ1v) is 23.9. The van der Waals surface area contributed by atoms with E-state index in [0.717, 1.165) is 33.4 Å². The Kier molecular flexibility index (Phi) is 16.6. The largest absolute Gasteiger partial charge is 0.481 e. The number of carboxylic acids is 1. The summed E-state index contributed by atoms with van der Waals surface area (Å²) in [6.45, 7) is 12.1. The fraction of sp³-hybridized carbons (Fsp3) is 0.310. The lowest BCUT2D eigenvalue weighted by atomic mass is 9.54. The Morgan fingerprint density at radius 3 is 1.09 bits per heavy atom. The summed E-state index contributed by atoms with van der Waals surface area (Å²) in [7, 11) is 0. The highest BCUT2D eigenvalue weighted by atomic mass is 32.1. The molecule has 0 spiro atoms. The number of aliphatic carboxylic acids is 1. The topological polar surface area (TPSA) is 70.1 Å². The van der Waals surface area contributed by atoms with Gasteiger partial charge in [-0.25, -0.2) is 4.79 Å². The van der Waals surface area contributed by atoms with Gasteiger partial charge in [-0.3, -0.25) is 4.79 Å². The molecular formula is C58H64N2O4S2. The molecule has 66 heavy (non-hydrogen) atoms. The minimum absolute atomic E-state index is 0.0673. The van der Waals surface area contributed by atoms with E-state index in [0.29, 0.717) is 39.0 Å². The van der Waals surface area contributed by atoms with Crippen LogP contribution in [0.3, 0.4) is 0 Å².